The summed E-state index contributed by atoms with van der Waals surface area (Å²) in [6, 6.07) is -3.24. The Bertz CT molecular complexity index is 640. The molecule has 1 saturated heterocycles. The van der Waals surface area contributed by atoms with E-state index in [1.807, 2.05) is 0 Å². The van der Waals surface area contributed by atoms with Crippen LogP contribution >= 0.6 is 12.6 Å². The number of rotatable bonds is 8. The summed E-state index contributed by atoms with van der Waals surface area (Å²) in [4.78, 5) is 49.5. The zero-order chi connectivity index (χ0) is 30.5. The third-order valence-corrected chi connectivity index (χ3v) is 4.66. The monoisotopic (exact) mass is 622 g/mol. The van der Waals surface area contributed by atoms with E-state index in [9.17, 15) is 24.0 Å². The SMILES string of the molecule is CC(C)[C@H](N)C(=O)O.CC(C)[C@H](N)C(=O)O.C[C@H](N)C(=O)O.N[C@@H](CS)C(=O)O.O=C(O)[C@@H]1CCCN1.[Cu]. The summed E-state index contributed by atoms with van der Waals surface area (Å²) in [6.07, 6.45) is 1.78. The summed E-state index contributed by atoms with van der Waals surface area (Å²) in [5, 5.41) is 43.5. The van der Waals surface area contributed by atoms with Gasteiger partial charge in [-0.2, -0.15) is 12.6 Å². The molecule has 5 atom stereocenters. The molecule has 0 aromatic carbocycles. The van der Waals surface area contributed by atoms with Crippen LogP contribution in [0.3, 0.4) is 0 Å². The quantitative estimate of drug-likeness (QED) is 0.110. The van der Waals surface area contributed by atoms with E-state index in [4.69, 9.17) is 48.5 Å². The summed E-state index contributed by atoms with van der Waals surface area (Å²) < 4.78 is 0. The molecule has 1 heterocycles. The van der Waals surface area contributed by atoms with Gasteiger partial charge in [-0.1, -0.05) is 27.7 Å². The van der Waals surface area contributed by atoms with Crippen molar-refractivity contribution in [2.45, 2.75) is 77.7 Å². The van der Waals surface area contributed by atoms with Crippen molar-refractivity contribution >= 4 is 42.5 Å². The van der Waals surface area contributed by atoms with E-state index in [-0.39, 0.29) is 40.7 Å². The Morgan fingerprint density at radius 3 is 1.16 bits per heavy atom. The van der Waals surface area contributed by atoms with Gasteiger partial charge >= 0.3 is 29.8 Å². The van der Waals surface area contributed by atoms with Gasteiger partial charge in [-0.25, -0.2) is 0 Å². The molecule has 0 spiro atoms. The maximum absolute atomic E-state index is 10.1. The number of hydrogen-bond acceptors (Lipinski definition) is 11. The molecule has 17 heteroatoms. The standard InChI is InChI=1S/C5H9NO2.2C5H11NO2.C3H7NO2S.C3H7NO2.Cu/c7-5(8)4-2-1-3-6-4;2*1-3(2)4(6)5(7)8;4-2(1-7)3(5)6;1-2(4)3(5)6;/h4,6H,1-3H2,(H,7,8);2*3-4H,6H2,1-2H3,(H,7,8);2,7H,1,4H2,(H,5,6);2H,4H2,1H3,(H,5,6);/t3*4-;2*2-;/m00000./s1. The van der Waals surface area contributed by atoms with Gasteiger partial charge in [0.05, 0.1) is 0 Å². The third kappa shape index (κ3) is 30.2. The van der Waals surface area contributed by atoms with E-state index >= 15 is 0 Å². The van der Waals surface area contributed by atoms with Crippen molar-refractivity contribution in [1.29, 1.82) is 0 Å². The van der Waals surface area contributed by atoms with Gasteiger partial charge < -0.3 is 53.8 Å². The van der Waals surface area contributed by atoms with Crippen LogP contribution in [-0.4, -0.2) is 97.9 Å². The van der Waals surface area contributed by atoms with E-state index in [0.29, 0.717) is 0 Å². The molecule has 1 aliphatic heterocycles. The first-order valence-corrected chi connectivity index (χ1v) is 11.9. The normalized spacial score (nSPS) is 16.5. The van der Waals surface area contributed by atoms with Crippen LogP contribution in [0.5, 0.6) is 0 Å². The van der Waals surface area contributed by atoms with E-state index in [0.717, 1.165) is 19.4 Å². The Labute approximate surface area is 238 Å². The van der Waals surface area contributed by atoms with E-state index < -0.39 is 54.0 Å². The van der Waals surface area contributed by atoms with Gasteiger partial charge in [0, 0.05) is 22.8 Å². The van der Waals surface area contributed by atoms with Crippen molar-refractivity contribution in [2.24, 2.45) is 34.8 Å². The van der Waals surface area contributed by atoms with Crippen molar-refractivity contribution in [1.82, 2.24) is 5.32 Å². The second kappa shape index (κ2) is 26.6. The summed E-state index contributed by atoms with van der Waals surface area (Å²) in [5.74, 6) is -4.32. The van der Waals surface area contributed by atoms with E-state index in [1.165, 1.54) is 6.92 Å². The van der Waals surface area contributed by atoms with Crippen LogP contribution in [0.1, 0.15) is 47.5 Å². The molecule has 14 N–H and O–H groups in total. The van der Waals surface area contributed by atoms with Crippen LogP contribution in [0.4, 0.5) is 0 Å². The van der Waals surface area contributed by atoms with Gasteiger partial charge in [0.15, 0.2) is 0 Å². The number of hydrogen-bond donors (Lipinski definition) is 11. The minimum atomic E-state index is -1.00. The van der Waals surface area contributed by atoms with Crippen LogP contribution in [0.25, 0.3) is 0 Å². The summed E-state index contributed by atoms with van der Waals surface area (Å²) in [7, 11) is 0. The molecule has 38 heavy (non-hydrogen) atoms. The smallest absolute Gasteiger partial charge is 0.321 e. The number of carboxylic acid groups (broad SMARTS) is 5. The molecule has 0 bridgehead atoms. The summed E-state index contributed by atoms with van der Waals surface area (Å²) in [5.41, 5.74) is 20.1. The van der Waals surface area contributed by atoms with E-state index in [1.54, 1.807) is 27.7 Å². The average Bonchev–Trinajstić information content (AvgIpc) is 3.34. The molecule has 1 radical (unpaired) electrons. The van der Waals surface area contributed by atoms with Crippen molar-refractivity contribution < 1.29 is 66.6 Å². The Kier molecular flexibility index (Phi) is 32.2. The number of thiol groups is 1. The summed E-state index contributed by atoms with van der Waals surface area (Å²) in [6.45, 7) is 9.38. The fraction of sp³-hybridized carbons (Fsp3) is 0.762. The zero-order valence-electron chi connectivity index (χ0n) is 22.2. The second-order valence-electron chi connectivity index (χ2n) is 8.46. The van der Waals surface area contributed by atoms with E-state index in [2.05, 4.69) is 17.9 Å². The number of carboxylic acids is 5. The molecule has 0 aromatic heterocycles. The summed E-state index contributed by atoms with van der Waals surface area (Å²) >= 11 is 3.65. The predicted molar refractivity (Wildman–Crippen MR) is 140 cm³/mol. The first kappa shape index (κ1) is 45.9. The Balaban J connectivity index is -0.000000119. The number of carbonyl (C=O) groups is 5. The number of nitrogens with two attached hydrogens (primary N) is 4. The fourth-order valence-electron chi connectivity index (χ4n) is 1.54. The first-order chi connectivity index (χ1) is 16.7. The fourth-order valence-corrected chi connectivity index (χ4v) is 1.70. The van der Waals surface area contributed by atoms with Crippen molar-refractivity contribution in [3.05, 3.63) is 0 Å². The molecule has 0 saturated carbocycles. The predicted octanol–water partition coefficient (Wildman–Crippen LogP) is -1.32. The van der Waals surface area contributed by atoms with Gasteiger partial charge in [0.2, 0.25) is 0 Å². The Morgan fingerprint density at radius 1 is 0.763 bits per heavy atom. The van der Waals surface area contributed by atoms with Crippen molar-refractivity contribution in [2.75, 3.05) is 12.3 Å². The molecule has 1 aliphatic rings. The molecular formula is C21H45CuN5O10S. The Hall–Kier alpha value is -1.98. The van der Waals surface area contributed by atoms with Crippen LogP contribution in [0.2, 0.25) is 0 Å². The molecular weight excluding hydrogens is 578 g/mol. The zero-order valence-corrected chi connectivity index (χ0v) is 24.0. The molecule has 0 amide bonds. The number of aliphatic carboxylic acids is 5. The Morgan fingerprint density at radius 2 is 1.11 bits per heavy atom. The van der Waals surface area contributed by atoms with Crippen LogP contribution in [0.15, 0.2) is 0 Å². The van der Waals surface area contributed by atoms with Crippen LogP contribution < -0.4 is 28.3 Å². The maximum Gasteiger partial charge on any atom is 0.321 e. The molecule has 15 nitrogen and oxygen atoms in total. The second-order valence-corrected chi connectivity index (χ2v) is 8.82. The molecule has 0 aromatic rings. The average molecular weight is 623 g/mol. The number of nitrogens with one attached hydrogen (secondary N) is 1. The maximum atomic E-state index is 10.1. The van der Waals surface area contributed by atoms with Gasteiger partial charge in [0.25, 0.3) is 0 Å². The largest absolute Gasteiger partial charge is 0.480 e. The van der Waals surface area contributed by atoms with Gasteiger partial charge in [0.1, 0.15) is 30.2 Å². The van der Waals surface area contributed by atoms with Crippen LogP contribution in [-0.2, 0) is 41.0 Å². The minimum absolute atomic E-state index is 0. The minimum Gasteiger partial charge on any atom is -0.480 e. The van der Waals surface area contributed by atoms with Gasteiger partial charge in [-0.05, 0) is 38.1 Å². The topological polar surface area (TPSA) is 303 Å². The molecule has 0 aliphatic carbocycles. The van der Waals surface area contributed by atoms with Crippen molar-refractivity contribution in [3.63, 3.8) is 0 Å². The van der Waals surface area contributed by atoms with Crippen molar-refractivity contribution in [3.8, 4) is 0 Å². The first-order valence-electron chi connectivity index (χ1n) is 11.2. The van der Waals surface area contributed by atoms with Crippen LogP contribution in [0, 0.1) is 11.8 Å². The molecule has 0 unspecified atom stereocenters. The van der Waals surface area contributed by atoms with Gasteiger partial charge in [-0.3, -0.25) is 24.0 Å². The molecule has 231 valence electrons. The van der Waals surface area contributed by atoms with Gasteiger partial charge in [-0.15, -0.1) is 0 Å². The third-order valence-electron chi connectivity index (χ3n) is 4.27. The molecule has 1 fully saturated rings. The molecule has 1 rings (SSSR count).